The van der Waals surface area contributed by atoms with Crippen molar-refractivity contribution in [1.82, 2.24) is 93.1 Å². The monoisotopic (exact) mass is 1960 g/mol. The van der Waals surface area contributed by atoms with Gasteiger partial charge < -0.3 is 85.3 Å². The van der Waals surface area contributed by atoms with Crippen molar-refractivity contribution in [2.75, 3.05) is 50.3 Å². The Kier molecular flexibility index (Phi) is 51.5. The van der Waals surface area contributed by atoms with E-state index in [1.54, 1.807) is 48.5 Å². The summed E-state index contributed by atoms with van der Waals surface area (Å²) in [5.74, 6) is -16.5. The average Bonchev–Trinajstić information content (AvgIpc) is 1.70. The van der Waals surface area contributed by atoms with Gasteiger partial charge in [-0.1, -0.05) is 66.2 Å². The normalized spacial score (nSPS) is 17.6. The minimum Gasteiger partial charge on any atom is -0.481 e. The van der Waals surface area contributed by atoms with Gasteiger partial charge in [-0.3, -0.25) is 54.0 Å². The zero-order chi connectivity index (χ0) is 97.8. The Hall–Kier alpha value is -10.6. The minimum absolute atomic E-state index is 0.000128. The maximum atomic E-state index is 15.0. The van der Waals surface area contributed by atoms with Crippen LogP contribution in [-0.2, 0) is 76.7 Å². The van der Waals surface area contributed by atoms with Gasteiger partial charge in [0.2, 0.25) is 47.3 Å². The van der Waals surface area contributed by atoms with Crippen molar-refractivity contribution in [3.05, 3.63) is 0 Å². The molecule has 738 valence electrons. The second-order valence-corrected chi connectivity index (χ2v) is 40.1. The van der Waals surface area contributed by atoms with Crippen LogP contribution in [0, 0.1) is 45.8 Å². The SMILES string of the molecule is CCC(C)[C@H](NC(=O)C(CC1CCCCC1)NC(=O)[C@H](CCCNC(=N)N)NC(=O)[C@H](CC(C)C)NC(=O)[C@H](CCCNC(=N)N)NC(=O)[C@H](CO)NC(=O)[C@H](C)NC(=O)[C@H](CC(C)C)NC(=O)[C@H](CC(C)C)NC(=O)[C@H](C)NC(=O)I1CCCN1C(=O)[C@H](CCCNC(=N)N)NC(=O)[C@H](C)NC(=O)C(N)CCC(=O)O)C(=O)N1CCC[C@H]1C(=O)N[C@@H](CCCCN)C(=O)O. The third-order valence-corrected chi connectivity index (χ3v) is 27.9. The average molecular weight is 1960 g/mol. The number of aliphatic hydroxyl groups is 1. The van der Waals surface area contributed by atoms with Crippen LogP contribution >= 0.6 is 20.1 Å². The zero-order valence-corrected chi connectivity index (χ0v) is 79.3. The molecule has 0 aromatic heterocycles. The van der Waals surface area contributed by atoms with E-state index in [-0.39, 0.29) is 152 Å². The Labute approximate surface area is 768 Å². The van der Waals surface area contributed by atoms with Crippen LogP contribution < -0.4 is 114 Å². The predicted molar refractivity (Wildman–Crippen MR) is 491 cm³/mol. The molecule has 2 aliphatic heterocycles. The standard InChI is InChI=1S/C83H149IN26O20/c1-12-47(8)64(78(127)109-37-21-29-62(109)76(125)102-56(79(128)129)25-16-17-33-85)108-74(123)60(42-51-23-14-13-15-24-51)106-70(119)53(26-18-34-93-81(87)88)99-72(121)59(41-46(6)7)104-69(118)54(27-19-35-94-82(89)90)100-75(124)61(43-111)107-66(115)49(10)97-71(120)57(39-44(2)3)105-73(122)58(40-45(4)5)103-67(116)50(11)98-80(130)84-32-22-38-110(84)77(126)55(28-20-36-95-83(91)92)101-65(114)48(9)96-68(117)52(86)30-31-63(112)113/h44-62,64,111H,12-43,85-86H2,1-11H3,(H,96,117)(H,97,120)(H,98,130)(H,99,121)(H,100,124)(H,101,114)(H,102,125)(H,103,116)(H,104,118)(H,105,122)(H,106,119)(H,107,115)(H,108,123)(H,112,113)(H,128,129)(H4,87,88,93)(H4,89,90,94)(H4,91,92,95)/t47?,48-,49-,50-,52?,53-,54-,55-,56-,57-,58-,59-,60?,61-,62-,64-/m0/s1. The number of amides is 15. The Bertz CT molecular complexity index is 3820. The number of halogens is 1. The number of carbonyl (C=O) groups excluding carboxylic acids is 15. The molecule has 47 heteroatoms. The Morgan fingerprint density at radius 2 is 0.831 bits per heavy atom. The smallest absolute Gasteiger partial charge is 0.481 e. The summed E-state index contributed by atoms with van der Waals surface area (Å²) in [7, 11) is 0. The molecule has 46 nitrogen and oxygen atoms in total. The van der Waals surface area contributed by atoms with Gasteiger partial charge in [-0.2, -0.15) is 0 Å². The third kappa shape index (κ3) is 41.2. The summed E-state index contributed by atoms with van der Waals surface area (Å²) in [6.45, 7) is 17.8. The number of carboxylic acids is 2. The molecule has 32 N–H and O–H groups in total. The van der Waals surface area contributed by atoms with E-state index in [1.165, 1.54) is 28.8 Å². The van der Waals surface area contributed by atoms with Crippen LogP contribution in [0.4, 0.5) is 4.79 Å². The Morgan fingerprint density at radius 1 is 0.423 bits per heavy atom. The Morgan fingerprint density at radius 3 is 1.28 bits per heavy atom. The molecule has 130 heavy (non-hydrogen) atoms. The number of hydrogen-bond donors (Lipinski definition) is 27. The van der Waals surface area contributed by atoms with Crippen molar-refractivity contribution >= 4 is 137 Å². The van der Waals surface area contributed by atoms with Crippen LogP contribution in [-0.4, -0.2) is 281 Å². The van der Waals surface area contributed by atoms with Crippen LogP contribution in [0.2, 0.25) is 0 Å². The van der Waals surface area contributed by atoms with E-state index in [2.05, 4.69) is 85.1 Å². The predicted octanol–water partition coefficient (Wildman–Crippen LogP) is -3.07. The molecule has 1 aliphatic carbocycles. The van der Waals surface area contributed by atoms with Gasteiger partial charge in [-0.25, -0.2) is 4.79 Å². The summed E-state index contributed by atoms with van der Waals surface area (Å²) in [4.78, 5) is 239. The van der Waals surface area contributed by atoms with Gasteiger partial charge in [-0.15, -0.1) is 0 Å². The first-order valence-electron chi connectivity index (χ1n) is 45.2. The second-order valence-electron chi connectivity index (χ2n) is 34.9. The van der Waals surface area contributed by atoms with Gasteiger partial charge in [0.05, 0.1) is 6.61 Å². The molecule has 3 aliphatic rings. The molecule has 0 spiro atoms. The van der Waals surface area contributed by atoms with Crippen LogP contribution in [0.1, 0.15) is 230 Å². The number of carboxylic acid groups (broad SMARTS) is 2. The fraction of sp³-hybridized carbons (Fsp3) is 0.759. The summed E-state index contributed by atoms with van der Waals surface area (Å²) in [5, 5.41) is 94.9. The number of hydrogen-bond acceptors (Lipinski definition) is 23. The summed E-state index contributed by atoms with van der Waals surface area (Å²) in [6, 6.07) is -20.2. The van der Waals surface area contributed by atoms with Crippen LogP contribution in [0.5, 0.6) is 0 Å². The van der Waals surface area contributed by atoms with Gasteiger partial charge in [0.25, 0.3) is 0 Å². The zero-order valence-electron chi connectivity index (χ0n) is 77.1. The molecule has 3 unspecified atom stereocenters. The molecular weight excluding hydrogens is 1810 g/mol. The third-order valence-electron chi connectivity index (χ3n) is 22.4. The van der Waals surface area contributed by atoms with Crippen LogP contribution in [0.25, 0.3) is 0 Å². The summed E-state index contributed by atoms with van der Waals surface area (Å²) >= 11 is -3.20. The van der Waals surface area contributed by atoms with E-state index in [4.69, 9.17) is 50.0 Å². The number of aliphatic carboxylic acids is 2. The molecule has 0 bridgehead atoms. The van der Waals surface area contributed by atoms with E-state index < -0.39 is 234 Å². The summed E-state index contributed by atoms with van der Waals surface area (Å²) in [6.07, 6.45) is 6.12. The van der Waals surface area contributed by atoms with Crippen molar-refractivity contribution in [3.63, 3.8) is 0 Å². The molecule has 2 heterocycles. The van der Waals surface area contributed by atoms with E-state index >= 15 is 0 Å². The number of alkyl halides is 1. The Balaban J connectivity index is 1.87. The molecule has 3 fully saturated rings. The molecule has 0 radical (unpaired) electrons. The second kappa shape index (κ2) is 58.9. The summed E-state index contributed by atoms with van der Waals surface area (Å²) in [5.41, 5.74) is 28.1. The number of likely N-dealkylation sites (tertiary alicyclic amines) is 1. The minimum atomic E-state index is -3.20. The first-order chi connectivity index (χ1) is 61.2. The molecule has 3 rings (SSSR count). The van der Waals surface area contributed by atoms with Gasteiger partial charge >= 0.3 is 326 Å². The van der Waals surface area contributed by atoms with Crippen molar-refractivity contribution in [2.24, 2.45) is 58.3 Å². The number of nitrogens with two attached hydrogens (primary N) is 5. The molecule has 0 aromatic rings. The van der Waals surface area contributed by atoms with Gasteiger partial charge in [-0.05, 0) is 102 Å². The molecule has 2 saturated heterocycles. The fourth-order valence-corrected chi connectivity index (χ4v) is 20.2. The van der Waals surface area contributed by atoms with E-state index in [0.29, 0.717) is 43.1 Å². The van der Waals surface area contributed by atoms with Crippen LogP contribution in [0.3, 0.4) is 0 Å². The fourth-order valence-electron chi connectivity index (χ4n) is 14.9. The number of aliphatic hydroxyl groups excluding tert-OH is 1. The first-order valence-corrected chi connectivity index (χ1v) is 48.8. The first kappa shape index (κ1) is 114. The molecule has 16 atom stereocenters. The van der Waals surface area contributed by atoms with Crippen molar-refractivity contribution in [3.8, 4) is 0 Å². The van der Waals surface area contributed by atoms with E-state index in [9.17, 15) is 91.7 Å². The molecule has 1 saturated carbocycles. The van der Waals surface area contributed by atoms with E-state index in [0.717, 1.165) is 32.1 Å². The number of nitrogens with one attached hydrogen (secondary N) is 19. The van der Waals surface area contributed by atoms with Gasteiger partial charge in [0.15, 0.2) is 11.9 Å². The maximum absolute atomic E-state index is 15.0. The van der Waals surface area contributed by atoms with Crippen LogP contribution in [0.15, 0.2) is 0 Å². The van der Waals surface area contributed by atoms with Gasteiger partial charge in [0.1, 0.15) is 48.3 Å². The number of carbonyl (C=O) groups is 17. The van der Waals surface area contributed by atoms with Crippen molar-refractivity contribution in [2.45, 2.75) is 321 Å². The topological polar surface area (TPSA) is 751 Å². The molecular formula is C83H149IN26O20. The number of nitrogens with zero attached hydrogens (tertiary/aromatic N) is 2. The molecule has 0 aromatic carbocycles. The van der Waals surface area contributed by atoms with Crippen molar-refractivity contribution < 1.29 is 96.8 Å². The van der Waals surface area contributed by atoms with Gasteiger partial charge in [0, 0.05) is 19.6 Å². The van der Waals surface area contributed by atoms with Crippen molar-refractivity contribution in [1.29, 1.82) is 16.2 Å². The number of unbranched alkanes of at least 4 members (excludes halogenated alkanes) is 1. The molecule has 15 amide bonds. The number of rotatable bonds is 59. The van der Waals surface area contributed by atoms with E-state index in [1.807, 2.05) is 6.92 Å². The quantitative estimate of drug-likeness (QED) is 0.00420. The summed E-state index contributed by atoms with van der Waals surface area (Å²) < 4.78 is 1.10. The number of guanidine groups is 3.